The number of fused-ring (bicyclic) bond motifs is 1. The Morgan fingerprint density at radius 1 is 0.938 bits per heavy atom. The van der Waals surface area contributed by atoms with Gasteiger partial charge >= 0.3 is 6.03 Å². The van der Waals surface area contributed by atoms with Gasteiger partial charge in [-0.2, -0.15) is 0 Å². The average molecular weight is 430 g/mol. The van der Waals surface area contributed by atoms with Crippen molar-refractivity contribution in [1.29, 1.82) is 0 Å². The van der Waals surface area contributed by atoms with E-state index in [-0.39, 0.29) is 35.5 Å². The topological polar surface area (TPSA) is 78.5 Å². The number of carbonyl (C=O) groups excluding carboxylic acids is 3. The number of nitrogens with zero attached hydrogens (tertiary/aromatic N) is 1. The van der Waals surface area contributed by atoms with E-state index in [1.54, 1.807) is 0 Å². The van der Waals surface area contributed by atoms with Crippen molar-refractivity contribution in [3.63, 3.8) is 0 Å². The Morgan fingerprint density at radius 3 is 2.09 bits per heavy atom. The molecule has 164 valence electrons. The van der Waals surface area contributed by atoms with Crippen LogP contribution in [-0.4, -0.2) is 28.9 Å². The van der Waals surface area contributed by atoms with Crippen molar-refractivity contribution in [3.8, 4) is 0 Å². The van der Waals surface area contributed by atoms with Gasteiger partial charge in [0.05, 0.1) is 11.8 Å². The van der Waals surface area contributed by atoms with Crippen molar-refractivity contribution in [3.05, 3.63) is 77.9 Å². The molecule has 5 atom stereocenters. The standard InChI is InChI=1S/C26H27N3O3/c1-16-7-13-20(14-8-16)27-26(32)28-21(15-17-5-3-2-4-6-17)29-24(30)22-18-9-10-19(12-11-18)23(22)25(29)31/h2-10,13-14,18-19,21-23H,11-12,15H2,1H3,(H2,27,28,32)/t18-,19-,21-,22+,23+/m0/s1. The summed E-state index contributed by atoms with van der Waals surface area (Å²) in [6.07, 6.45) is 5.72. The highest BCUT2D eigenvalue weighted by atomic mass is 16.2. The summed E-state index contributed by atoms with van der Waals surface area (Å²) >= 11 is 0. The maximum Gasteiger partial charge on any atom is 0.320 e. The normalized spacial score (nSPS) is 26.7. The molecule has 1 saturated carbocycles. The fourth-order valence-electron chi connectivity index (χ4n) is 5.40. The van der Waals surface area contributed by atoms with Crippen LogP contribution in [0.15, 0.2) is 66.7 Å². The van der Waals surface area contributed by atoms with Crippen LogP contribution in [0.2, 0.25) is 0 Å². The molecule has 0 aromatic heterocycles. The number of hydrogen-bond donors (Lipinski definition) is 2. The fraction of sp³-hybridized carbons (Fsp3) is 0.346. The number of urea groups is 1. The zero-order chi connectivity index (χ0) is 22.2. The molecular weight excluding hydrogens is 402 g/mol. The summed E-state index contributed by atoms with van der Waals surface area (Å²) in [5, 5.41) is 5.72. The van der Waals surface area contributed by atoms with E-state index in [4.69, 9.17) is 0 Å². The minimum absolute atomic E-state index is 0.116. The van der Waals surface area contributed by atoms with Crippen LogP contribution >= 0.6 is 0 Å². The van der Waals surface area contributed by atoms with Gasteiger partial charge in [-0.15, -0.1) is 0 Å². The number of benzene rings is 2. The third-order valence-corrected chi connectivity index (χ3v) is 6.98. The fourth-order valence-corrected chi connectivity index (χ4v) is 5.40. The first-order chi connectivity index (χ1) is 15.5. The Labute approximate surface area is 187 Å². The number of hydrogen-bond acceptors (Lipinski definition) is 3. The highest BCUT2D eigenvalue weighted by Crippen LogP contribution is 2.50. The first kappa shape index (κ1) is 20.5. The number of aryl methyl sites for hydroxylation is 1. The lowest BCUT2D eigenvalue weighted by molar-refractivity contribution is -0.143. The third-order valence-electron chi connectivity index (χ3n) is 6.98. The van der Waals surface area contributed by atoms with E-state index in [1.165, 1.54) is 4.90 Å². The first-order valence-corrected chi connectivity index (χ1v) is 11.2. The smallest absolute Gasteiger partial charge is 0.317 e. The highest BCUT2D eigenvalue weighted by Gasteiger charge is 2.58. The number of carbonyl (C=O) groups is 3. The summed E-state index contributed by atoms with van der Waals surface area (Å²) in [5.41, 5.74) is 2.70. The minimum Gasteiger partial charge on any atom is -0.317 e. The van der Waals surface area contributed by atoms with Crippen LogP contribution in [-0.2, 0) is 16.0 Å². The zero-order valence-corrected chi connectivity index (χ0v) is 18.0. The second-order valence-electron chi connectivity index (χ2n) is 9.06. The Balaban J connectivity index is 1.40. The summed E-state index contributed by atoms with van der Waals surface area (Å²) < 4.78 is 0. The molecular formula is C26H27N3O3. The molecule has 6 nitrogen and oxygen atoms in total. The van der Waals surface area contributed by atoms with Crippen molar-refractivity contribution in [2.75, 3.05) is 5.32 Å². The summed E-state index contributed by atoms with van der Waals surface area (Å²) in [4.78, 5) is 41.1. The van der Waals surface area contributed by atoms with Crippen LogP contribution in [0.5, 0.6) is 0 Å². The second-order valence-corrected chi connectivity index (χ2v) is 9.06. The predicted octanol–water partition coefficient (Wildman–Crippen LogP) is 3.88. The Bertz CT molecular complexity index is 1030. The summed E-state index contributed by atoms with van der Waals surface area (Å²) in [5.74, 6) is -0.681. The van der Waals surface area contributed by atoms with Gasteiger partial charge in [0, 0.05) is 12.1 Å². The van der Waals surface area contributed by atoms with E-state index in [9.17, 15) is 14.4 Å². The van der Waals surface area contributed by atoms with Gasteiger partial charge in [-0.3, -0.25) is 14.5 Å². The molecule has 6 heteroatoms. The molecule has 3 aliphatic carbocycles. The van der Waals surface area contributed by atoms with E-state index < -0.39 is 12.2 Å². The van der Waals surface area contributed by atoms with Gasteiger partial charge in [0.2, 0.25) is 11.8 Å². The Hall–Kier alpha value is -3.41. The van der Waals surface area contributed by atoms with Gasteiger partial charge in [0.25, 0.3) is 0 Å². The summed E-state index contributed by atoms with van der Waals surface area (Å²) in [6, 6.07) is 16.7. The molecule has 2 N–H and O–H groups in total. The molecule has 2 aromatic rings. The molecule has 0 radical (unpaired) electrons. The number of amides is 4. The van der Waals surface area contributed by atoms with E-state index >= 15 is 0 Å². The zero-order valence-electron chi connectivity index (χ0n) is 18.0. The second kappa shape index (κ2) is 8.26. The number of anilines is 1. The minimum atomic E-state index is -0.743. The monoisotopic (exact) mass is 429 g/mol. The third kappa shape index (κ3) is 3.70. The number of nitrogens with one attached hydrogen (secondary N) is 2. The van der Waals surface area contributed by atoms with Crippen LogP contribution in [0, 0.1) is 30.6 Å². The quantitative estimate of drug-likeness (QED) is 0.559. The molecule has 0 spiro atoms. The molecule has 6 rings (SSSR count). The number of rotatable bonds is 5. The van der Waals surface area contributed by atoms with Crippen molar-refractivity contribution in [1.82, 2.24) is 10.2 Å². The molecule has 0 unspecified atom stereocenters. The molecule has 2 bridgehead atoms. The average Bonchev–Trinajstić information content (AvgIpc) is 3.09. The van der Waals surface area contributed by atoms with Gasteiger partial charge in [-0.25, -0.2) is 4.79 Å². The molecule has 2 aromatic carbocycles. The van der Waals surface area contributed by atoms with Gasteiger partial charge in [-0.05, 0) is 49.3 Å². The van der Waals surface area contributed by atoms with Crippen molar-refractivity contribution in [2.24, 2.45) is 23.7 Å². The van der Waals surface area contributed by atoms with E-state index in [0.717, 1.165) is 24.0 Å². The number of allylic oxidation sites excluding steroid dienone is 2. The van der Waals surface area contributed by atoms with Crippen LogP contribution in [0.1, 0.15) is 24.0 Å². The van der Waals surface area contributed by atoms with Crippen LogP contribution in [0.25, 0.3) is 0 Å². The van der Waals surface area contributed by atoms with Crippen molar-refractivity contribution in [2.45, 2.75) is 32.4 Å². The summed E-state index contributed by atoms with van der Waals surface area (Å²) in [7, 11) is 0. The molecule has 4 amide bonds. The Kier molecular flexibility index (Phi) is 5.29. The molecule has 2 fully saturated rings. The van der Waals surface area contributed by atoms with Crippen molar-refractivity contribution >= 4 is 23.5 Å². The lowest BCUT2D eigenvalue weighted by Gasteiger charge is -2.38. The molecule has 4 aliphatic rings. The highest BCUT2D eigenvalue weighted by molar-refractivity contribution is 6.06. The molecule has 1 heterocycles. The largest absolute Gasteiger partial charge is 0.320 e. The molecule has 1 aliphatic heterocycles. The van der Waals surface area contributed by atoms with Crippen LogP contribution in [0.4, 0.5) is 10.5 Å². The van der Waals surface area contributed by atoms with Gasteiger partial charge in [-0.1, -0.05) is 60.2 Å². The number of likely N-dealkylation sites (tertiary alicyclic amines) is 1. The Morgan fingerprint density at radius 2 is 1.53 bits per heavy atom. The van der Waals surface area contributed by atoms with E-state index in [1.807, 2.05) is 61.5 Å². The molecule has 32 heavy (non-hydrogen) atoms. The van der Waals surface area contributed by atoms with E-state index in [0.29, 0.717) is 12.1 Å². The van der Waals surface area contributed by atoms with Crippen LogP contribution < -0.4 is 10.6 Å². The number of imide groups is 1. The predicted molar refractivity (Wildman–Crippen MR) is 121 cm³/mol. The summed E-state index contributed by atoms with van der Waals surface area (Å²) in [6.45, 7) is 1.98. The lowest BCUT2D eigenvalue weighted by atomic mass is 9.63. The maximum atomic E-state index is 13.4. The van der Waals surface area contributed by atoms with Crippen LogP contribution in [0.3, 0.4) is 0 Å². The molecule has 1 saturated heterocycles. The lowest BCUT2D eigenvalue weighted by Crippen LogP contribution is -2.53. The van der Waals surface area contributed by atoms with E-state index in [2.05, 4.69) is 22.8 Å². The van der Waals surface area contributed by atoms with Gasteiger partial charge in [0.15, 0.2) is 0 Å². The maximum absolute atomic E-state index is 13.4. The van der Waals surface area contributed by atoms with Gasteiger partial charge < -0.3 is 10.6 Å². The van der Waals surface area contributed by atoms with Crippen molar-refractivity contribution < 1.29 is 14.4 Å². The van der Waals surface area contributed by atoms with Gasteiger partial charge in [0.1, 0.15) is 6.17 Å². The first-order valence-electron chi connectivity index (χ1n) is 11.2. The SMILES string of the molecule is Cc1ccc(NC(=O)N[C@H](Cc2ccccc2)N2C(=O)[C@H]3[C@H](C2=O)[C@H]2C=C[C@H]3CC2)cc1.